The topological polar surface area (TPSA) is 9.23 Å². The molecular weight excluding hydrogens is 384 g/mol. The van der Waals surface area contributed by atoms with E-state index in [4.69, 9.17) is 16.3 Å². The van der Waals surface area contributed by atoms with Gasteiger partial charge in [-0.15, -0.1) is 0 Å². The highest BCUT2D eigenvalue weighted by Gasteiger charge is 2.38. The van der Waals surface area contributed by atoms with Gasteiger partial charge in [0.1, 0.15) is 20.4 Å². The smallest absolute Gasteiger partial charge is 0.123 e. The number of hydrogen-bond acceptors (Lipinski definition) is 1. The summed E-state index contributed by atoms with van der Waals surface area (Å²) in [7, 11) is -3.35. The van der Waals surface area contributed by atoms with Crippen LogP contribution in [0, 0.1) is 0 Å². The van der Waals surface area contributed by atoms with Crippen molar-refractivity contribution in [3.05, 3.63) is 57.9 Å². The average molecular weight is 419 g/mol. The Balaban J connectivity index is 2.76. The first-order valence-electron chi connectivity index (χ1n) is 9.79. The van der Waals surface area contributed by atoms with Gasteiger partial charge in [-0.05, 0) is 29.2 Å². The fourth-order valence-electron chi connectivity index (χ4n) is 3.87. The van der Waals surface area contributed by atoms with Crippen molar-refractivity contribution in [3.63, 3.8) is 0 Å². The van der Waals surface area contributed by atoms with E-state index in [2.05, 4.69) is 84.4 Å². The minimum atomic E-state index is -1.95. The first-order chi connectivity index (χ1) is 12.3. The molecule has 0 aliphatic heterocycles. The van der Waals surface area contributed by atoms with Crippen molar-refractivity contribution < 1.29 is 4.74 Å². The van der Waals surface area contributed by atoms with Crippen LogP contribution in [0.1, 0.15) is 32.8 Å². The largest absolute Gasteiger partial charge is 0.489 e. The second-order valence-corrected chi connectivity index (χ2v) is 19.9. The zero-order chi connectivity index (χ0) is 20.6. The van der Waals surface area contributed by atoms with Gasteiger partial charge in [-0.25, -0.2) is 0 Å². The monoisotopic (exact) mass is 418 g/mol. The lowest BCUT2D eigenvalue weighted by molar-refractivity contribution is 0.354. The molecule has 0 saturated heterocycles. The first kappa shape index (κ1) is 22.3. The van der Waals surface area contributed by atoms with E-state index in [1.165, 1.54) is 10.8 Å². The fourth-order valence-corrected chi connectivity index (χ4v) is 10.9. The molecule has 148 valence electrons. The lowest BCUT2D eigenvalue weighted by atomic mass is 9.86. The van der Waals surface area contributed by atoms with Crippen LogP contribution in [0.15, 0.2) is 47.3 Å². The number of rotatable bonds is 6. The Hall–Kier alpha value is -1.04. The highest BCUT2D eigenvalue weighted by molar-refractivity contribution is 6.98. The minimum Gasteiger partial charge on any atom is -0.489 e. The summed E-state index contributed by atoms with van der Waals surface area (Å²) in [5.41, 5.74) is 1.15. The number of hydrogen-bond donors (Lipinski definition) is 0. The average Bonchev–Trinajstić information content (AvgIpc) is 3.02. The van der Waals surface area contributed by atoms with Gasteiger partial charge in [0, 0.05) is 10.6 Å². The van der Waals surface area contributed by atoms with E-state index in [1.54, 1.807) is 10.4 Å². The van der Waals surface area contributed by atoms with Crippen LogP contribution in [-0.2, 0) is 5.41 Å². The summed E-state index contributed by atoms with van der Waals surface area (Å²) in [6.07, 6.45) is 7.62. The molecule has 1 aliphatic rings. The number of ether oxygens (including phenoxy) is 1. The first-order valence-corrected chi connectivity index (χ1v) is 16.7. The third-order valence-corrected chi connectivity index (χ3v) is 11.6. The van der Waals surface area contributed by atoms with E-state index in [1.807, 2.05) is 6.08 Å². The zero-order valence-corrected chi connectivity index (χ0v) is 21.1. The van der Waals surface area contributed by atoms with Crippen LogP contribution in [-0.4, -0.2) is 22.8 Å². The molecule has 0 radical (unpaired) electrons. The lowest BCUT2D eigenvalue weighted by Crippen LogP contribution is -2.47. The molecule has 0 heterocycles. The summed E-state index contributed by atoms with van der Waals surface area (Å²) in [6.45, 7) is 23.3. The van der Waals surface area contributed by atoms with Crippen LogP contribution in [0.2, 0.25) is 37.8 Å². The van der Waals surface area contributed by atoms with Crippen LogP contribution < -0.4 is 9.92 Å². The SMILES string of the molecule is C=CCOc1c(C(C)(C)C)cc(Cl)cc1[Si](C)(C)C1=C([Si](C)(C)C)C=CC1. The van der Waals surface area contributed by atoms with Crippen molar-refractivity contribution in [1.82, 2.24) is 0 Å². The van der Waals surface area contributed by atoms with Crippen LogP contribution in [0.5, 0.6) is 5.75 Å². The molecule has 0 unspecified atom stereocenters. The molecule has 4 heteroatoms. The molecule has 2 rings (SSSR count). The van der Waals surface area contributed by atoms with Gasteiger partial charge < -0.3 is 4.74 Å². The standard InChI is InChI=1S/C23H35ClOSi2/c1-10-14-25-22-18(23(2,3)4)15-17(24)16-21(22)27(8,9)20-13-11-12-19(20)26(5,6)7/h10-12,15-16H,1,13-14H2,2-9H3. The van der Waals surface area contributed by atoms with E-state index in [0.717, 1.165) is 17.2 Å². The van der Waals surface area contributed by atoms with Crippen molar-refractivity contribution in [1.29, 1.82) is 0 Å². The van der Waals surface area contributed by atoms with Gasteiger partial charge in [-0.2, -0.15) is 0 Å². The molecule has 1 aliphatic carbocycles. The van der Waals surface area contributed by atoms with E-state index < -0.39 is 16.1 Å². The molecule has 1 aromatic carbocycles. The predicted octanol–water partition coefficient (Wildman–Crippen LogP) is 6.79. The minimum absolute atomic E-state index is 0.0372. The van der Waals surface area contributed by atoms with E-state index in [0.29, 0.717) is 6.61 Å². The Kier molecular flexibility index (Phi) is 6.40. The van der Waals surface area contributed by atoms with Crippen LogP contribution in [0.3, 0.4) is 0 Å². The summed E-state index contributed by atoms with van der Waals surface area (Å²) in [5, 5.41) is 5.39. The van der Waals surface area contributed by atoms with Crippen molar-refractivity contribution in [2.75, 3.05) is 6.61 Å². The fraction of sp³-hybridized carbons (Fsp3) is 0.478. The summed E-state index contributed by atoms with van der Waals surface area (Å²) in [5.74, 6) is 1.03. The predicted molar refractivity (Wildman–Crippen MR) is 127 cm³/mol. The third-order valence-electron chi connectivity index (χ3n) is 5.37. The maximum absolute atomic E-state index is 6.62. The maximum Gasteiger partial charge on any atom is 0.123 e. The molecule has 0 N–H and O–H groups in total. The Morgan fingerprint density at radius 3 is 2.30 bits per heavy atom. The molecule has 0 saturated carbocycles. The van der Waals surface area contributed by atoms with E-state index >= 15 is 0 Å². The van der Waals surface area contributed by atoms with Gasteiger partial charge in [0.05, 0.1) is 8.07 Å². The number of halogens is 1. The number of benzene rings is 1. The summed E-state index contributed by atoms with van der Waals surface area (Å²) < 4.78 is 6.29. The van der Waals surface area contributed by atoms with Gasteiger partial charge >= 0.3 is 0 Å². The second kappa shape index (κ2) is 7.77. The molecule has 27 heavy (non-hydrogen) atoms. The Morgan fingerprint density at radius 2 is 1.78 bits per heavy atom. The Labute approximate surface area is 173 Å². The molecule has 0 fully saturated rings. The molecule has 0 spiro atoms. The second-order valence-electron chi connectivity index (χ2n) is 10.1. The third kappa shape index (κ3) is 4.69. The molecule has 0 aromatic heterocycles. The van der Waals surface area contributed by atoms with Crippen molar-refractivity contribution >= 4 is 32.9 Å². The maximum atomic E-state index is 6.62. The Morgan fingerprint density at radius 1 is 1.15 bits per heavy atom. The van der Waals surface area contributed by atoms with Crippen molar-refractivity contribution in [2.45, 2.75) is 65.3 Å². The van der Waals surface area contributed by atoms with Crippen molar-refractivity contribution in [3.8, 4) is 5.75 Å². The van der Waals surface area contributed by atoms with Crippen LogP contribution in [0.4, 0.5) is 0 Å². The Bertz CT molecular complexity index is 790. The lowest BCUT2D eigenvalue weighted by Gasteiger charge is -2.34. The summed E-state index contributed by atoms with van der Waals surface area (Å²) in [6, 6.07) is 4.24. The van der Waals surface area contributed by atoms with Gasteiger partial charge in [0.25, 0.3) is 0 Å². The quantitative estimate of drug-likeness (QED) is 0.365. The number of allylic oxidation sites excluding steroid dienone is 4. The van der Waals surface area contributed by atoms with E-state index in [-0.39, 0.29) is 5.41 Å². The normalized spacial score (nSPS) is 15.4. The molecule has 0 amide bonds. The molecular formula is C23H35ClOSi2. The van der Waals surface area contributed by atoms with Crippen LogP contribution in [0.25, 0.3) is 0 Å². The molecule has 1 aromatic rings. The summed E-state index contributed by atoms with van der Waals surface area (Å²) >= 11 is 6.62. The highest BCUT2D eigenvalue weighted by atomic mass is 35.5. The zero-order valence-electron chi connectivity index (χ0n) is 18.3. The van der Waals surface area contributed by atoms with E-state index in [9.17, 15) is 0 Å². The molecule has 0 atom stereocenters. The van der Waals surface area contributed by atoms with Gasteiger partial charge in [0.2, 0.25) is 0 Å². The van der Waals surface area contributed by atoms with Crippen LogP contribution >= 0.6 is 11.6 Å². The highest BCUT2D eigenvalue weighted by Crippen LogP contribution is 2.39. The van der Waals surface area contributed by atoms with Gasteiger partial charge in [-0.3, -0.25) is 0 Å². The summed E-state index contributed by atoms with van der Waals surface area (Å²) in [4.78, 5) is 0. The van der Waals surface area contributed by atoms with Crippen molar-refractivity contribution in [2.24, 2.45) is 0 Å². The molecule has 1 nitrogen and oxygen atoms in total. The van der Waals surface area contributed by atoms with Gasteiger partial charge in [-0.1, -0.05) is 100 Å². The molecule has 0 bridgehead atoms. The van der Waals surface area contributed by atoms with Gasteiger partial charge in [0.15, 0.2) is 0 Å².